The first-order chi connectivity index (χ1) is 11.4. The van der Waals surface area contributed by atoms with Gasteiger partial charge in [0, 0.05) is 12.6 Å². The van der Waals surface area contributed by atoms with Gasteiger partial charge in [-0.3, -0.25) is 9.89 Å². The maximum Gasteiger partial charge on any atom is 0.416 e. The zero-order valence-electron chi connectivity index (χ0n) is 11.9. The van der Waals surface area contributed by atoms with Gasteiger partial charge in [-0.25, -0.2) is 0 Å². The number of hydrogen-bond acceptors (Lipinski definition) is 5. The molecule has 3 aromatic rings. The van der Waals surface area contributed by atoms with Crippen LogP contribution >= 0.6 is 0 Å². The summed E-state index contributed by atoms with van der Waals surface area (Å²) in [5.74, 6) is -0.124. The van der Waals surface area contributed by atoms with E-state index < -0.39 is 17.6 Å². The van der Waals surface area contributed by atoms with E-state index in [0.29, 0.717) is 11.4 Å². The number of carbonyl (C=O) groups excluding carboxylic acids is 1. The molecule has 2 heterocycles. The maximum absolute atomic E-state index is 12.5. The van der Waals surface area contributed by atoms with Gasteiger partial charge in [0.2, 0.25) is 0 Å². The summed E-state index contributed by atoms with van der Waals surface area (Å²) >= 11 is 0. The Balaban J connectivity index is 1.61. The predicted octanol–water partition coefficient (Wildman–Crippen LogP) is 1.33. The summed E-state index contributed by atoms with van der Waals surface area (Å²) < 4.78 is 38.7. The van der Waals surface area contributed by atoms with Crippen molar-refractivity contribution in [1.82, 2.24) is 35.7 Å². The van der Waals surface area contributed by atoms with Gasteiger partial charge in [0.25, 0.3) is 5.91 Å². The lowest BCUT2D eigenvalue weighted by atomic mass is 10.1. The standard InChI is InChI=1S/C13H10F3N7O/c14-13(15,16)9-3-1-8(2-4-9)6-17-12(24)10-5-11(20-19-10)23-7-18-21-22-23/h1-5,7H,6H2,(H,17,24)(H,19,20). The summed E-state index contributed by atoms with van der Waals surface area (Å²) in [4.78, 5) is 12.0. The van der Waals surface area contributed by atoms with Crippen LogP contribution in [0.2, 0.25) is 0 Å². The molecule has 11 heteroatoms. The number of rotatable bonds is 4. The second-order valence-corrected chi connectivity index (χ2v) is 4.77. The number of hydrogen-bond donors (Lipinski definition) is 2. The van der Waals surface area contributed by atoms with Crippen molar-refractivity contribution in [2.45, 2.75) is 12.7 Å². The molecule has 0 radical (unpaired) electrons. The van der Waals surface area contributed by atoms with Crippen LogP contribution in [0.15, 0.2) is 36.7 Å². The van der Waals surface area contributed by atoms with Crippen LogP contribution in [0.5, 0.6) is 0 Å². The van der Waals surface area contributed by atoms with Gasteiger partial charge < -0.3 is 5.32 Å². The average Bonchev–Trinajstić information content (AvgIpc) is 3.22. The van der Waals surface area contributed by atoms with Crippen molar-refractivity contribution < 1.29 is 18.0 Å². The topological polar surface area (TPSA) is 101 Å². The molecule has 0 aliphatic carbocycles. The average molecular weight is 337 g/mol. The molecule has 2 N–H and O–H groups in total. The van der Waals surface area contributed by atoms with Crippen LogP contribution in [0.4, 0.5) is 13.2 Å². The summed E-state index contributed by atoms with van der Waals surface area (Å²) in [6.07, 6.45) is -3.07. The summed E-state index contributed by atoms with van der Waals surface area (Å²) in [7, 11) is 0. The van der Waals surface area contributed by atoms with E-state index in [2.05, 4.69) is 31.0 Å². The lowest BCUT2D eigenvalue weighted by Gasteiger charge is -2.08. The van der Waals surface area contributed by atoms with Crippen molar-refractivity contribution in [3.8, 4) is 5.82 Å². The van der Waals surface area contributed by atoms with Gasteiger partial charge in [0.05, 0.1) is 5.56 Å². The second-order valence-electron chi connectivity index (χ2n) is 4.77. The third-order valence-electron chi connectivity index (χ3n) is 3.13. The monoisotopic (exact) mass is 337 g/mol. The number of tetrazole rings is 1. The van der Waals surface area contributed by atoms with Crippen LogP contribution < -0.4 is 5.32 Å². The Kier molecular flexibility index (Phi) is 3.98. The smallest absolute Gasteiger partial charge is 0.347 e. The first-order valence-electron chi connectivity index (χ1n) is 6.66. The van der Waals surface area contributed by atoms with E-state index in [0.717, 1.165) is 12.1 Å². The number of aromatic amines is 1. The fourth-order valence-corrected chi connectivity index (χ4v) is 1.90. The van der Waals surface area contributed by atoms with Crippen molar-refractivity contribution in [2.75, 3.05) is 0 Å². The first kappa shape index (κ1) is 15.6. The van der Waals surface area contributed by atoms with Crippen LogP contribution in [0.1, 0.15) is 21.6 Å². The molecule has 0 aliphatic heterocycles. The van der Waals surface area contributed by atoms with Gasteiger partial charge in [-0.1, -0.05) is 12.1 Å². The Morgan fingerprint density at radius 2 is 2.00 bits per heavy atom. The molecule has 8 nitrogen and oxygen atoms in total. The lowest BCUT2D eigenvalue weighted by molar-refractivity contribution is -0.137. The van der Waals surface area contributed by atoms with Crippen molar-refractivity contribution in [2.24, 2.45) is 0 Å². The van der Waals surface area contributed by atoms with E-state index in [4.69, 9.17) is 0 Å². The summed E-state index contributed by atoms with van der Waals surface area (Å²) in [6, 6.07) is 5.99. The zero-order chi connectivity index (χ0) is 17.2. The number of carbonyl (C=O) groups is 1. The van der Waals surface area contributed by atoms with E-state index in [9.17, 15) is 18.0 Å². The van der Waals surface area contributed by atoms with Gasteiger partial charge in [-0.2, -0.15) is 23.0 Å². The Morgan fingerprint density at radius 1 is 1.25 bits per heavy atom. The number of amides is 1. The van der Waals surface area contributed by atoms with Gasteiger partial charge in [-0.05, 0) is 28.1 Å². The normalized spacial score (nSPS) is 11.5. The highest BCUT2D eigenvalue weighted by Gasteiger charge is 2.29. The predicted molar refractivity (Wildman–Crippen MR) is 73.9 cm³/mol. The molecule has 0 bridgehead atoms. The molecule has 0 fully saturated rings. The van der Waals surface area contributed by atoms with Crippen LogP contribution in [0.3, 0.4) is 0 Å². The largest absolute Gasteiger partial charge is 0.416 e. The number of aromatic nitrogens is 6. The van der Waals surface area contributed by atoms with E-state index in [1.807, 2.05) is 0 Å². The van der Waals surface area contributed by atoms with E-state index in [1.54, 1.807) is 0 Å². The highest BCUT2D eigenvalue weighted by molar-refractivity contribution is 5.92. The number of H-pyrrole nitrogens is 1. The number of benzene rings is 1. The molecule has 2 aromatic heterocycles. The molecular formula is C13H10F3N7O. The van der Waals surface area contributed by atoms with Crippen LogP contribution in [0.25, 0.3) is 5.82 Å². The quantitative estimate of drug-likeness (QED) is 0.748. The number of halogens is 3. The molecule has 0 saturated carbocycles. The molecule has 3 rings (SSSR count). The van der Waals surface area contributed by atoms with Crippen molar-refractivity contribution >= 4 is 5.91 Å². The minimum atomic E-state index is -4.38. The molecule has 0 unspecified atom stereocenters. The SMILES string of the molecule is O=C(NCc1ccc(C(F)(F)F)cc1)c1cc(-n2cnnn2)n[nH]1. The van der Waals surface area contributed by atoms with Crippen molar-refractivity contribution in [1.29, 1.82) is 0 Å². The van der Waals surface area contributed by atoms with E-state index >= 15 is 0 Å². The number of nitrogens with zero attached hydrogens (tertiary/aromatic N) is 5. The Bertz CT molecular complexity index is 824. The molecule has 0 spiro atoms. The molecule has 0 aliphatic rings. The Hall–Kier alpha value is -3.24. The highest BCUT2D eigenvalue weighted by atomic mass is 19.4. The third-order valence-corrected chi connectivity index (χ3v) is 3.13. The lowest BCUT2D eigenvalue weighted by Crippen LogP contribution is -2.23. The van der Waals surface area contributed by atoms with E-state index in [-0.39, 0.29) is 12.2 Å². The van der Waals surface area contributed by atoms with Gasteiger partial charge >= 0.3 is 6.18 Å². The van der Waals surface area contributed by atoms with Crippen LogP contribution in [-0.2, 0) is 12.7 Å². The Morgan fingerprint density at radius 3 is 2.62 bits per heavy atom. The molecular weight excluding hydrogens is 327 g/mol. The van der Waals surface area contributed by atoms with Gasteiger partial charge in [0.1, 0.15) is 12.0 Å². The van der Waals surface area contributed by atoms with Gasteiger partial charge in [0.15, 0.2) is 5.82 Å². The van der Waals surface area contributed by atoms with E-state index in [1.165, 1.54) is 29.2 Å². The van der Waals surface area contributed by atoms with Crippen molar-refractivity contribution in [3.05, 3.63) is 53.5 Å². The fourth-order valence-electron chi connectivity index (χ4n) is 1.90. The first-order valence-corrected chi connectivity index (χ1v) is 6.66. The number of nitrogens with one attached hydrogen (secondary N) is 2. The molecule has 0 saturated heterocycles. The number of alkyl halides is 3. The van der Waals surface area contributed by atoms with Crippen LogP contribution in [-0.4, -0.2) is 36.3 Å². The third kappa shape index (κ3) is 3.39. The van der Waals surface area contributed by atoms with Crippen molar-refractivity contribution in [3.63, 3.8) is 0 Å². The fraction of sp³-hybridized carbons (Fsp3) is 0.154. The Labute approximate surface area is 132 Å². The maximum atomic E-state index is 12.5. The summed E-state index contributed by atoms with van der Waals surface area (Å²) in [5.41, 5.74) is -0.0267. The second kappa shape index (κ2) is 6.10. The van der Waals surface area contributed by atoms with Gasteiger partial charge in [-0.15, -0.1) is 5.10 Å². The molecule has 1 amide bonds. The molecule has 1 aromatic carbocycles. The van der Waals surface area contributed by atoms with Crippen LogP contribution in [0, 0.1) is 0 Å². The minimum absolute atomic E-state index is 0.0796. The zero-order valence-corrected chi connectivity index (χ0v) is 11.9. The summed E-state index contributed by atoms with van der Waals surface area (Å²) in [5, 5.41) is 19.5. The molecule has 24 heavy (non-hydrogen) atoms. The highest BCUT2D eigenvalue weighted by Crippen LogP contribution is 2.29. The summed E-state index contributed by atoms with van der Waals surface area (Å²) in [6.45, 7) is 0.0796. The molecule has 0 atom stereocenters. The minimum Gasteiger partial charge on any atom is -0.347 e. The molecule has 124 valence electrons.